The molecule has 0 N–H and O–H groups in total. The Morgan fingerprint density at radius 3 is 2.40 bits per heavy atom. The highest BCUT2D eigenvalue weighted by molar-refractivity contribution is 7.89. The largest absolute Gasteiger partial charge is 0.463 e. The van der Waals surface area contributed by atoms with Gasteiger partial charge in [-0.15, -0.1) is 0 Å². The van der Waals surface area contributed by atoms with Crippen LogP contribution in [-0.4, -0.2) is 38.6 Å². The molecule has 0 bridgehead atoms. The van der Waals surface area contributed by atoms with Crippen molar-refractivity contribution >= 4 is 27.5 Å². The zero-order chi connectivity index (χ0) is 18.5. The van der Waals surface area contributed by atoms with Crippen LogP contribution in [0.2, 0.25) is 0 Å². The zero-order valence-electron chi connectivity index (χ0n) is 14.3. The van der Waals surface area contributed by atoms with Crippen LogP contribution in [0.4, 0.5) is 5.69 Å². The van der Waals surface area contributed by atoms with Crippen molar-refractivity contribution < 1.29 is 22.4 Å². The molecule has 1 unspecified atom stereocenters. The molecule has 3 rings (SSSR count). The third-order valence-corrected chi connectivity index (χ3v) is 6.08. The molecule has 1 aliphatic heterocycles. The third-order valence-electron chi connectivity index (χ3n) is 4.30. The van der Waals surface area contributed by atoms with Gasteiger partial charge >= 0.3 is 0 Å². The summed E-state index contributed by atoms with van der Waals surface area (Å²) in [6.07, 6.45) is 0. The average molecular weight is 362 g/mol. The number of aryl methyl sites for hydroxylation is 2. The summed E-state index contributed by atoms with van der Waals surface area (Å²) in [6.45, 7) is 3.50. The SMILES string of the molecule is Cc1ccc(N(C)C(=O)C2C(=O)N(C)S(=O)(=O)c3cc(C)oc32)cc1. The van der Waals surface area contributed by atoms with Gasteiger partial charge in [0.15, 0.2) is 5.92 Å². The van der Waals surface area contributed by atoms with Gasteiger partial charge in [0.25, 0.3) is 15.9 Å². The lowest BCUT2D eigenvalue weighted by molar-refractivity contribution is -0.134. The molecule has 0 aliphatic carbocycles. The van der Waals surface area contributed by atoms with Gasteiger partial charge in [-0.3, -0.25) is 9.59 Å². The molecule has 2 aromatic rings. The van der Waals surface area contributed by atoms with Gasteiger partial charge in [-0.1, -0.05) is 17.7 Å². The Morgan fingerprint density at radius 2 is 1.80 bits per heavy atom. The number of fused-ring (bicyclic) bond motifs is 1. The van der Waals surface area contributed by atoms with E-state index in [9.17, 15) is 18.0 Å². The monoisotopic (exact) mass is 362 g/mol. The second kappa shape index (κ2) is 5.73. The molecule has 0 radical (unpaired) electrons. The lowest BCUT2D eigenvalue weighted by Gasteiger charge is -2.29. The molecule has 132 valence electrons. The summed E-state index contributed by atoms with van der Waals surface area (Å²) in [5, 5.41) is 0. The first-order chi connectivity index (χ1) is 11.6. The highest BCUT2D eigenvalue weighted by Gasteiger charge is 2.48. The van der Waals surface area contributed by atoms with E-state index in [1.54, 1.807) is 26.1 Å². The van der Waals surface area contributed by atoms with Crippen LogP contribution >= 0.6 is 0 Å². The lowest BCUT2D eigenvalue weighted by Crippen LogP contribution is -2.47. The van der Waals surface area contributed by atoms with Crippen molar-refractivity contribution in [3.8, 4) is 0 Å². The molecular formula is C17H18N2O5S. The highest BCUT2D eigenvalue weighted by Crippen LogP contribution is 2.37. The summed E-state index contributed by atoms with van der Waals surface area (Å²) in [5.41, 5.74) is 1.64. The fraction of sp³-hybridized carbons (Fsp3) is 0.294. The van der Waals surface area contributed by atoms with E-state index in [1.165, 1.54) is 11.0 Å². The Bertz CT molecular complexity index is 959. The van der Waals surface area contributed by atoms with E-state index in [-0.39, 0.29) is 10.7 Å². The van der Waals surface area contributed by atoms with Gasteiger partial charge in [-0.05, 0) is 26.0 Å². The van der Waals surface area contributed by atoms with Crippen LogP contribution in [0.5, 0.6) is 0 Å². The van der Waals surface area contributed by atoms with Crippen LogP contribution in [0.3, 0.4) is 0 Å². The number of sulfonamides is 1. The smallest absolute Gasteiger partial charge is 0.269 e. The van der Waals surface area contributed by atoms with Gasteiger partial charge in [-0.2, -0.15) is 0 Å². The van der Waals surface area contributed by atoms with Gasteiger partial charge in [0.2, 0.25) is 5.91 Å². The Labute approximate surface area is 145 Å². The molecule has 2 heterocycles. The number of nitrogens with zero attached hydrogens (tertiary/aromatic N) is 2. The second-order valence-corrected chi connectivity index (χ2v) is 8.00. The van der Waals surface area contributed by atoms with Gasteiger partial charge in [-0.25, -0.2) is 12.7 Å². The number of carbonyl (C=O) groups excluding carboxylic acids is 2. The number of carbonyl (C=O) groups is 2. The summed E-state index contributed by atoms with van der Waals surface area (Å²) < 4.78 is 30.8. The number of rotatable bonds is 2. The summed E-state index contributed by atoms with van der Waals surface area (Å²) in [5.74, 6) is -2.50. The fourth-order valence-corrected chi connectivity index (χ4v) is 4.14. The van der Waals surface area contributed by atoms with Crippen LogP contribution in [0.15, 0.2) is 39.6 Å². The maximum atomic E-state index is 12.9. The maximum Gasteiger partial charge on any atom is 0.269 e. The van der Waals surface area contributed by atoms with Crippen LogP contribution < -0.4 is 4.90 Å². The summed E-state index contributed by atoms with van der Waals surface area (Å²) in [7, 11) is -1.30. The molecule has 25 heavy (non-hydrogen) atoms. The van der Waals surface area contributed by atoms with Crippen molar-refractivity contribution in [2.24, 2.45) is 0 Å². The van der Waals surface area contributed by atoms with E-state index >= 15 is 0 Å². The number of anilines is 1. The summed E-state index contributed by atoms with van der Waals surface area (Å²) >= 11 is 0. The van der Waals surface area contributed by atoms with Crippen LogP contribution in [0.1, 0.15) is 23.0 Å². The van der Waals surface area contributed by atoms with Crippen LogP contribution in [0.25, 0.3) is 0 Å². The zero-order valence-corrected chi connectivity index (χ0v) is 15.1. The van der Waals surface area contributed by atoms with E-state index in [0.29, 0.717) is 15.8 Å². The Kier molecular flexibility index (Phi) is 3.95. The standard InChI is InChI=1S/C17H18N2O5S/c1-10-5-7-12(8-6-10)18(3)16(20)14-15-13(9-11(2)24-15)25(22,23)19(4)17(14)21/h5-9,14H,1-4H3. The number of likely N-dealkylation sites (N-methyl/N-ethyl adjacent to an activating group) is 2. The Hall–Kier alpha value is -2.61. The minimum Gasteiger partial charge on any atom is -0.463 e. The number of hydrogen-bond donors (Lipinski definition) is 0. The summed E-state index contributed by atoms with van der Waals surface area (Å²) in [4.78, 5) is 26.7. The fourth-order valence-electron chi connectivity index (χ4n) is 2.78. The normalized spacial score (nSPS) is 18.8. The van der Waals surface area contributed by atoms with Crippen molar-refractivity contribution in [1.29, 1.82) is 0 Å². The molecule has 1 aromatic carbocycles. The van der Waals surface area contributed by atoms with E-state index in [0.717, 1.165) is 12.6 Å². The Morgan fingerprint density at radius 1 is 1.20 bits per heavy atom. The number of amides is 2. The Balaban J connectivity index is 2.07. The van der Waals surface area contributed by atoms with Gasteiger partial charge in [0.05, 0.1) is 0 Å². The lowest BCUT2D eigenvalue weighted by atomic mass is 10.0. The second-order valence-electron chi connectivity index (χ2n) is 6.06. The van der Waals surface area contributed by atoms with E-state index < -0.39 is 27.8 Å². The topological polar surface area (TPSA) is 87.9 Å². The summed E-state index contributed by atoms with van der Waals surface area (Å²) in [6, 6.07) is 8.55. The molecule has 2 amide bonds. The average Bonchev–Trinajstić information content (AvgIpc) is 2.95. The molecule has 1 aromatic heterocycles. The molecule has 0 spiro atoms. The van der Waals surface area contributed by atoms with Crippen LogP contribution in [-0.2, 0) is 19.6 Å². The molecule has 0 saturated carbocycles. The third kappa shape index (κ3) is 2.62. The van der Waals surface area contributed by atoms with Crippen molar-refractivity contribution in [3.05, 3.63) is 47.4 Å². The molecule has 1 atom stereocenters. The predicted molar refractivity (Wildman–Crippen MR) is 90.7 cm³/mol. The van der Waals surface area contributed by atoms with Crippen molar-refractivity contribution in [2.75, 3.05) is 19.0 Å². The van der Waals surface area contributed by atoms with Crippen LogP contribution in [0, 0.1) is 13.8 Å². The predicted octanol–water partition coefficient (Wildman–Crippen LogP) is 1.80. The highest BCUT2D eigenvalue weighted by atomic mass is 32.2. The van der Waals surface area contributed by atoms with E-state index in [1.807, 2.05) is 19.1 Å². The van der Waals surface area contributed by atoms with Gasteiger partial charge in [0.1, 0.15) is 16.4 Å². The van der Waals surface area contributed by atoms with Gasteiger partial charge in [0, 0.05) is 25.8 Å². The number of hydrogen-bond acceptors (Lipinski definition) is 5. The molecule has 0 saturated heterocycles. The van der Waals surface area contributed by atoms with Crippen molar-refractivity contribution in [1.82, 2.24) is 4.31 Å². The molecule has 1 aliphatic rings. The van der Waals surface area contributed by atoms with E-state index in [4.69, 9.17) is 4.42 Å². The van der Waals surface area contributed by atoms with E-state index in [2.05, 4.69) is 0 Å². The number of furan rings is 1. The molecular weight excluding hydrogens is 344 g/mol. The first kappa shape index (κ1) is 17.2. The maximum absolute atomic E-state index is 12.9. The van der Waals surface area contributed by atoms with Crippen molar-refractivity contribution in [3.63, 3.8) is 0 Å². The molecule has 0 fully saturated rings. The molecule has 8 heteroatoms. The minimum atomic E-state index is -3.99. The van der Waals surface area contributed by atoms with Gasteiger partial charge < -0.3 is 9.32 Å². The quantitative estimate of drug-likeness (QED) is 0.760. The number of benzene rings is 1. The molecule has 7 nitrogen and oxygen atoms in total. The first-order valence-corrected chi connectivity index (χ1v) is 9.06. The minimum absolute atomic E-state index is 0.121. The van der Waals surface area contributed by atoms with Crippen molar-refractivity contribution in [2.45, 2.75) is 24.7 Å². The first-order valence-electron chi connectivity index (χ1n) is 7.62.